The number of carbonyl (C=O) groups excluding carboxylic acids is 1. The summed E-state index contributed by atoms with van der Waals surface area (Å²) >= 11 is 0. The number of amides is 1. The highest BCUT2D eigenvalue weighted by atomic mass is 16.6. The Morgan fingerprint density at radius 1 is 1.14 bits per heavy atom. The van der Waals surface area contributed by atoms with E-state index < -0.39 is 0 Å². The predicted molar refractivity (Wildman–Crippen MR) is 79.8 cm³/mol. The molecule has 21 heavy (non-hydrogen) atoms. The summed E-state index contributed by atoms with van der Waals surface area (Å²) in [6.45, 7) is 1.60. The number of rotatable bonds is 3. The molecule has 1 amide bonds. The Kier molecular flexibility index (Phi) is 4.01. The van der Waals surface area contributed by atoms with Gasteiger partial charge in [0.25, 0.3) is 5.91 Å². The van der Waals surface area contributed by atoms with E-state index in [-0.39, 0.29) is 11.4 Å². The quantitative estimate of drug-likeness (QED) is 0.891. The van der Waals surface area contributed by atoms with Crippen LogP contribution in [-0.4, -0.2) is 31.2 Å². The second-order valence-electron chi connectivity index (χ2n) is 5.96. The van der Waals surface area contributed by atoms with Crippen LogP contribution in [0.2, 0.25) is 0 Å². The van der Waals surface area contributed by atoms with Gasteiger partial charge in [-0.1, -0.05) is 19.3 Å². The first-order valence-corrected chi connectivity index (χ1v) is 7.63. The summed E-state index contributed by atoms with van der Waals surface area (Å²) in [4.78, 5) is 12.3. The highest BCUT2D eigenvalue weighted by Crippen LogP contribution is 2.31. The van der Waals surface area contributed by atoms with E-state index in [9.17, 15) is 4.79 Å². The predicted octanol–water partition coefficient (Wildman–Crippen LogP) is 1.85. The van der Waals surface area contributed by atoms with Gasteiger partial charge >= 0.3 is 0 Å². The number of benzene rings is 1. The molecular formula is C16H22N2O3. The van der Waals surface area contributed by atoms with Crippen molar-refractivity contribution in [3.8, 4) is 11.5 Å². The Bertz CT molecular complexity index is 524. The van der Waals surface area contributed by atoms with E-state index in [4.69, 9.17) is 15.2 Å². The second kappa shape index (κ2) is 5.93. The fourth-order valence-electron chi connectivity index (χ4n) is 2.98. The number of nitrogens with two attached hydrogens (primary N) is 1. The number of nitrogens with one attached hydrogen (secondary N) is 1. The van der Waals surface area contributed by atoms with E-state index in [1.807, 2.05) is 0 Å². The number of carbonyl (C=O) groups is 1. The standard InChI is InChI=1S/C16H22N2O3/c17-16(6-2-1-3-7-16)11-18-15(19)12-4-5-13-14(10-12)21-9-8-20-13/h4-5,10H,1-3,6-9,11,17H2,(H,18,19). The summed E-state index contributed by atoms with van der Waals surface area (Å²) in [7, 11) is 0. The smallest absolute Gasteiger partial charge is 0.251 e. The molecule has 3 N–H and O–H groups in total. The van der Waals surface area contributed by atoms with Crippen LogP contribution >= 0.6 is 0 Å². The average Bonchev–Trinajstić information content (AvgIpc) is 2.53. The zero-order valence-electron chi connectivity index (χ0n) is 12.2. The molecule has 1 fully saturated rings. The van der Waals surface area contributed by atoms with Gasteiger partial charge in [-0.15, -0.1) is 0 Å². The summed E-state index contributed by atoms with van der Waals surface area (Å²) in [5.41, 5.74) is 6.67. The highest BCUT2D eigenvalue weighted by Gasteiger charge is 2.28. The van der Waals surface area contributed by atoms with Crippen molar-refractivity contribution in [2.75, 3.05) is 19.8 Å². The molecule has 0 spiro atoms. The van der Waals surface area contributed by atoms with Gasteiger partial charge in [-0.25, -0.2) is 0 Å². The van der Waals surface area contributed by atoms with Gasteiger partial charge in [-0.2, -0.15) is 0 Å². The number of hydrogen-bond acceptors (Lipinski definition) is 4. The van der Waals surface area contributed by atoms with Gasteiger partial charge in [0, 0.05) is 17.6 Å². The summed E-state index contributed by atoms with van der Waals surface area (Å²) in [5, 5.41) is 2.96. The minimum Gasteiger partial charge on any atom is -0.486 e. The van der Waals surface area contributed by atoms with Gasteiger partial charge in [0.2, 0.25) is 0 Å². The van der Waals surface area contributed by atoms with Crippen molar-refractivity contribution in [2.24, 2.45) is 5.73 Å². The first kappa shape index (κ1) is 14.2. The van der Waals surface area contributed by atoms with Crippen molar-refractivity contribution >= 4 is 5.91 Å². The van der Waals surface area contributed by atoms with E-state index in [1.54, 1.807) is 18.2 Å². The molecule has 0 bridgehead atoms. The minimum atomic E-state index is -0.248. The van der Waals surface area contributed by atoms with E-state index in [2.05, 4.69) is 5.32 Å². The van der Waals surface area contributed by atoms with Crippen LogP contribution in [-0.2, 0) is 0 Å². The lowest BCUT2D eigenvalue weighted by Gasteiger charge is -2.33. The maximum Gasteiger partial charge on any atom is 0.251 e. The highest BCUT2D eigenvalue weighted by molar-refractivity contribution is 5.95. The molecule has 5 nitrogen and oxygen atoms in total. The number of fused-ring (bicyclic) bond motifs is 1. The van der Waals surface area contributed by atoms with Crippen LogP contribution < -0.4 is 20.5 Å². The Labute approximate surface area is 124 Å². The van der Waals surface area contributed by atoms with Crippen LogP contribution in [0, 0.1) is 0 Å². The molecule has 0 aromatic heterocycles. The zero-order chi connectivity index (χ0) is 14.7. The Balaban J connectivity index is 1.62. The van der Waals surface area contributed by atoms with Gasteiger partial charge < -0.3 is 20.5 Å². The maximum atomic E-state index is 12.3. The fourth-order valence-corrected chi connectivity index (χ4v) is 2.98. The SMILES string of the molecule is NC1(CNC(=O)c2ccc3c(c2)OCCO3)CCCCC1. The lowest BCUT2D eigenvalue weighted by molar-refractivity contribution is 0.0936. The summed E-state index contributed by atoms with van der Waals surface area (Å²) in [6, 6.07) is 5.27. The van der Waals surface area contributed by atoms with Gasteiger partial charge in [-0.3, -0.25) is 4.79 Å². The van der Waals surface area contributed by atoms with Crippen LogP contribution in [0.4, 0.5) is 0 Å². The van der Waals surface area contributed by atoms with E-state index in [1.165, 1.54) is 6.42 Å². The van der Waals surface area contributed by atoms with Crippen LogP contribution in [0.5, 0.6) is 11.5 Å². The van der Waals surface area contributed by atoms with Gasteiger partial charge in [0.05, 0.1) is 0 Å². The molecule has 0 unspecified atom stereocenters. The molecule has 2 aliphatic rings. The molecule has 1 aromatic carbocycles. The molecule has 1 saturated carbocycles. The fraction of sp³-hybridized carbons (Fsp3) is 0.562. The third-order valence-corrected chi connectivity index (χ3v) is 4.25. The average molecular weight is 290 g/mol. The first-order valence-electron chi connectivity index (χ1n) is 7.63. The molecule has 1 heterocycles. The largest absolute Gasteiger partial charge is 0.486 e. The summed E-state index contributed by atoms with van der Waals surface area (Å²) in [6.07, 6.45) is 5.50. The van der Waals surface area contributed by atoms with Gasteiger partial charge in [0.1, 0.15) is 13.2 Å². The first-order chi connectivity index (χ1) is 10.2. The van der Waals surface area contributed by atoms with Crippen molar-refractivity contribution in [3.63, 3.8) is 0 Å². The molecule has 114 valence electrons. The third-order valence-electron chi connectivity index (χ3n) is 4.25. The molecule has 0 saturated heterocycles. The van der Waals surface area contributed by atoms with Crippen molar-refractivity contribution < 1.29 is 14.3 Å². The Morgan fingerprint density at radius 2 is 1.86 bits per heavy atom. The van der Waals surface area contributed by atoms with E-state index in [0.29, 0.717) is 36.8 Å². The molecular weight excluding hydrogens is 268 g/mol. The molecule has 5 heteroatoms. The molecule has 1 aromatic rings. The summed E-state index contributed by atoms with van der Waals surface area (Å²) < 4.78 is 11.0. The van der Waals surface area contributed by atoms with Crippen molar-refractivity contribution in [2.45, 2.75) is 37.6 Å². The monoisotopic (exact) mass is 290 g/mol. The van der Waals surface area contributed by atoms with Gasteiger partial charge in [-0.05, 0) is 31.0 Å². The molecule has 1 aliphatic carbocycles. The molecule has 1 aliphatic heterocycles. The van der Waals surface area contributed by atoms with Crippen LogP contribution in [0.25, 0.3) is 0 Å². The zero-order valence-corrected chi connectivity index (χ0v) is 12.2. The minimum absolute atomic E-state index is 0.109. The second-order valence-corrected chi connectivity index (χ2v) is 5.96. The van der Waals surface area contributed by atoms with Crippen LogP contribution in [0.15, 0.2) is 18.2 Å². The maximum absolute atomic E-state index is 12.3. The van der Waals surface area contributed by atoms with Crippen molar-refractivity contribution in [3.05, 3.63) is 23.8 Å². The number of hydrogen-bond donors (Lipinski definition) is 2. The van der Waals surface area contributed by atoms with Crippen LogP contribution in [0.1, 0.15) is 42.5 Å². The molecule has 0 radical (unpaired) electrons. The van der Waals surface area contributed by atoms with Crippen molar-refractivity contribution in [1.82, 2.24) is 5.32 Å². The topological polar surface area (TPSA) is 73.6 Å². The van der Waals surface area contributed by atoms with Crippen molar-refractivity contribution in [1.29, 1.82) is 0 Å². The third kappa shape index (κ3) is 3.29. The lowest BCUT2D eigenvalue weighted by Crippen LogP contribution is -2.51. The Hall–Kier alpha value is -1.75. The van der Waals surface area contributed by atoms with Gasteiger partial charge in [0.15, 0.2) is 11.5 Å². The molecule has 0 atom stereocenters. The normalized spacial score (nSPS) is 19.9. The van der Waals surface area contributed by atoms with E-state index in [0.717, 1.165) is 25.7 Å². The summed E-state index contributed by atoms with van der Waals surface area (Å²) in [5.74, 6) is 1.22. The lowest BCUT2D eigenvalue weighted by atomic mass is 9.82. The molecule has 3 rings (SSSR count). The van der Waals surface area contributed by atoms with E-state index >= 15 is 0 Å². The number of ether oxygens (including phenoxy) is 2. The van der Waals surface area contributed by atoms with Crippen LogP contribution in [0.3, 0.4) is 0 Å². The Morgan fingerprint density at radius 3 is 2.62 bits per heavy atom.